The number of rotatable bonds is 7. The number of hydrogen-bond donors (Lipinski definition) is 1. The molecule has 1 N–H and O–H groups in total. The number of alkyl halides is 1. The predicted octanol–water partition coefficient (Wildman–Crippen LogP) is 2.57. The first kappa shape index (κ1) is 14.4. The topological polar surface area (TPSA) is 32.3 Å². The Balaban J connectivity index is 1.74. The second-order valence-electron chi connectivity index (χ2n) is 4.92. The first-order valence-electron chi connectivity index (χ1n) is 6.93. The molecule has 1 saturated carbocycles. The van der Waals surface area contributed by atoms with E-state index in [0.717, 1.165) is 24.7 Å². The lowest BCUT2D eigenvalue weighted by Gasteiger charge is -2.20. The second-order valence-corrected chi connectivity index (χ2v) is 5.36. The van der Waals surface area contributed by atoms with Gasteiger partial charge in [-0.25, -0.2) is 0 Å². The summed E-state index contributed by atoms with van der Waals surface area (Å²) in [6.45, 7) is 4.78. The fourth-order valence-corrected chi connectivity index (χ4v) is 2.45. The third kappa shape index (κ3) is 4.22. The molecule has 1 aromatic carbocycles. The fraction of sp³-hybridized carbons (Fsp3) is 0.533. The van der Waals surface area contributed by atoms with Crippen LogP contribution in [0.4, 0.5) is 0 Å². The molecule has 1 aromatic rings. The van der Waals surface area contributed by atoms with Crippen LogP contribution in [0.2, 0.25) is 0 Å². The summed E-state index contributed by atoms with van der Waals surface area (Å²) in [7, 11) is 0. The normalized spacial score (nSPS) is 16.4. The molecule has 1 fully saturated rings. The molecule has 1 amide bonds. The maximum atomic E-state index is 11.9. The van der Waals surface area contributed by atoms with Crippen LogP contribution in [0.3, 0.4) is 0 Å². The van der Waals surface area contributed by atoms with Crippen molar-refractivity contribution in [3.05, 3.63) is 35.9 Å². The fourth-order valence-electron chi connectivity index (χ4n) is 2.22. The highest BCUT2D eigenvalue weighted by Gasteiger charge is 2.27. The van der Waals surface area contributed by atoms with E-state index in [9.17, 15) is 4.79 Å². The Labute approximate surface area is 119 Å². The smallest absolute Gasteiger partial charge is 0.242 e. The molecule has 19 heavy (non-hydrogen) atoms. The van der Waals surface area contributed by atoms with Crippen molar-refractivity contribution in [2.24, 2.45) is 0 Å². The van der Waals surface area contributed by atoms with Crippen molar-refractivity contribution in [3.8, 4) is 0 Å². The van der Waals surface area contributed by atoms with Crippen molar-refractivity contribution in [2.75, 3.05) is 19.6 Å². The van der Waals surface area contributed by atoms with Gasteiger partial charge in [-0.15, -0.1) is 11.6 Å². The van der Waals surface area contributed by atoms with Crippen LogP contribution in [0.15, 0.2) is 30.3 Å². The van der Waals surface area contributed by atoms with E-state index in [0.29, 0.717) is 6.54 Å². The Morgan fingerprint density at radius 1 is 1.42 bits per heavy atom. The lowest BCUT2D eigenvalue weighted by molar-refractivity contribution is -0.120. The van der Waals surface area contributed by atoms with Crippen molar-refractivity contribution in [3.63, 3.8) is 0 Å². The van der Waals surface area contributed by atoms with Gasteiger partial charge in [0.05, 0.1) is 0 Å². The molecule has 0 aliphatic heterocycles. The molecular formula is C15H21ClN2O. The predicted molar refractivity (Wildman–Crippen MR) is 78.3 cm³/mol. The third-order valence-corrected chi connectivity index (χ3v) is 3.94. The Bertz CT molecular complexity index is 406. The van der Waals surface area contributed by atoms with Crippen LogP contribution in [0.25, 0.3) is 0 Å². The summed E-state index contributed by atoms with van der Waals surface area (Å²) in [5.41, 5.74) is 0.844. The molecule has 3 nitrogen and oxygen atoms in total. The highest BCUT2D eigenvalue weighted by atomic mass is 35.5. The zero-order chi connectivity index (χ0) is 13.7. The van der Waals surface area contributed by atoms with Gasteiger partial charge in [0.25, 0.3) is 0 Å². The average Bonchev–Trinajstić information content (AvgIpc) is 3.28. The van der Waals surface area contributed by atoms with Gasteiger partial charge < -0.3 is 5.32 Å². The van der Waals surface area contributed by atoms with Gasteiger partial charge in [0.15, 0.2) is 0 Å². The monoisotopic (exact) mass is 280 g/mol. The minimum absolute atomic E-state index is 0.111. The van der Waals surface area contributed by atoms with Crippen molar-refractivity contribution >= 4 is 17.5 Å². The molecule has 4 heteroatoms. The standard InChI is InChI=1S/C15H21ClN2O/c1-2-18(13-8-9-13)11-10-17-15(19)14(16)12-6-4-3-5-7-12/h3-7,13-14H,2,8-11H2,1H3,(H,17,19). The summed E-state index contributed by atoms with van der Waals surface area (Å²) >= 11 is 6.16. The van der Waals surface area contributed by atoms with Gasteiger partial charge in [0.2, 0.25) is 5.91 Å². The number of nitrogens with one attached hydrogen (secondary N) is 1. The summed E-state index contributed by atoms with van der Waals surface area (Å²) in [6, 6.07) is 10.2. The largest absolute Gasteiger partial charge is 0.353 e. The van der Waals surface area contributed by atoms with Crippen LogP contribution < -0.4 is 5.32 Å². The number of halogens is 1. The van der Waals surface area contributed by atoms with E-state index in [1.54, 1.807) is 0 Å². The van der Waals surface area contributed by atoms with Crippen molar-refractivity contribution in [1.29, 1.82) is 0 Å². The van der Waals surface area contributed by atoms with E-state index < -0.39 is 5.38 Å². The van der Waals surface area contributed by atoms with Gasteiger partial charge >= 0.3 is 0 Å². The molecular weight excluding hydrogens is 260 g/mol. The van der Waals surface area contributed by atoms with Crippen LogP contribution in [-0.2, 0) is 4.79 Å². The van der Waals surface area contributed by atoms with Crippen LogP contribution in [0.5, 0.6) is 0 Å². The molecule has 0 saturated heterocycles. The molecule has 1 aliphatic carbocycles. The van der Waals surface area contributed by atoms with E-state index >= 15 is 0 Å². The molecule has 0 heterocycles. The zero-order valence-corrected chi connectivity index (χ0v) is 12.1. The van der Waals surface area contributed by atoms with Gasteiger partial charge in [0, 0.05) is 19.1 Å². The zero-order valence-electron chi connectivity index (χ0n) is 11.3. The van der Waals surface area contributed by atoms with E-state index in [4.69, 9.17) is 11.6 Å². The second kappa shape index (κ2) is 6.92. The summed E-state index contributed by atoms with van der Waals surface area (Å²) in [5, 5.41) is 2.32. The molecule has 0 radical (unpaired) electrons. The van der Waals surface area contributed by atoms with Crippen molar-refractivity contribution < 1.29 is 4.79 Å². The minimum Gasteiger partial charge on any atom is -0.353 e. The Hall–Kier alpha value is -1.06. The van der Waals surface area contributed by atoms with Crippen LogP contribution in [0, 0.1) is 0 Å². The first-order chi connectivity index (χ1) is 9.22. The molecule has 104 valence electrons. The molecule has 2 rings (SSSR count). The molecule has 1 aliphatic rings. The third-order valence-electron chi connectivity index (χ3n) is 3.49. The summed E-state index contributed by atoms with van der Waals surface area (Å²) in [4.78, 5) is 14.3. The summed E-state index contributed by atoms with van der Waals surface area (Å²) in [5.74, 6) is -0.111. The van der Waals surface area contributed by atoms with Crippen molar-refractivity contribution in [1.82, 2.24) is 10.2 Å². The summed E-state index contributed by atoms with van der Waals surface area (Å²) < 4.78 is 0. The van der Waals surface area contributed by atoms with E-state index in [1.165, 1.54) is 12.8 Å². The van der Waals surface area contributed by atoms with Gasteiger partial charge in [-0.2, -0.15) is 0 Å². The van der Waals surface area contributed by atoms with Gasteiger partial charge in [-0.1, -0.05) is 37.3 Å². The number of hydrogen-bond acceptors (Lipinski definition) is 2. The number of carbonyl (C=O) groups is 1. The maximum absolute atomic E-state index is 11.9. The highest BCUT2D eigenvalue weighted by molar-refractivity contribution is 6.30. The average molecular weight is 281 g/mol. The van der Waals surface area contributed by atoms with E-state index in [1.807, 2.05) is 30.3 Å². The molecule has 0 aromatic heterocycles. The maximum Gasteiger partial charge on any atom is 0.242 e. The molecule has 0 bridgehead atoms. The van der Waals surface area contributed by atoms with Crippen LogP contribution >= 0.6 is 11.6 Å². The Kier molecular flexibility index (Phi) is 5.23. The van der Waals surface area contributed by atoms with Crippen molar-refractivity contribution in [2.45, 2.75) is 31.2 Å². The number of benzene rings is 1. The number of amides is 1. The number of carbonyl (C=O) groups excluding carboxylic acids is 1. The Morgan fingerprint density at radius 3 is 2.68 bits per heavy atom. The van der Waals surface area contributed by atoms with Gasteiger partial charge in [0.1, 0.15) is 5.38 Å². The number of likely N-dealkylation sites (N-methyl/N-ethyl adjacent to an activating group) is 1. The van der Waals surface area contributed by atoms with Crippen LogP contribution in [-0.4, -0.2) is 36.5 Å². The lowest BCUT2D eigenvalue weighted by atomic mass is 10.1. The number of nitrogens with zero attached hydrogens (tertiary/aromatic N) is 1. The van der Waals surface area contributed by atoms with Gasteiger partial charge in [-0.05, 0) is 24.9 Å². The molecule has 1 atom stereocenters. The summed E-state index contributed by atoms with van der Waals surface area (Å²) in [6.07, 6.45) is 2.59. The highest BCUT2D eigenvalue weighted by Crippen LogP contribution is 2.26. The first-order valence-corrected chi connectivity index (χ1v) is 7.36. The Morgan fingerprint density at radius 2 is 2.11 bits per heavy atom. The minimum atomic E-state index is -0.600. The quantitative estimate of drug-likeness (QED) is 0.779. The van der Waals surface area contributed by atoms with Crippen LogP contribution in [0.1, 0.15) is 30.7 Å². The molecule has 0 spiro atoms. The lowest BCUT2D eigenvalue weighted by Crippen LogP contribution is -2.37. The SMILES string of the molecule is CCN(CCNC(=O)C(Cl)c1ccccc1)C1CC1. The molecule has 1 unspecified atom stereocenters. The van der Waals surface area contributed by atoms with Gasteiger partial charge in [-0.3, -0.25) is 9.69 Å². The van der Waals surface area contributed by atoms with E-state index in [2.05, 4.69) is 17.1 Å². The van der Waals surface area contributed by atoms with E-state index in [-0.39, 0.29) is 5.91 Å².